The summed E-state index contributed by atoms with van der Waals surface area (Å²) in [5.41, 5.74) is 2.27. The number of aryl methyl sites for hydroxylation is 1. The predicted octanol–water partition coefficient (Wildman–Crippen LogP) is 3.91. The van der Waals surface area contributed by atoms with Gasteiger partial charge in [-0.1, -0.05) is 38.5 Å². The zero-order chi connectivity index (χ0) is 20.2. The molecule has 7 heteroatoms. The van der Waals surface area contributed by atoms with Gasteiger partial charge >= 0.3 is 0 Å². The third kappa shape index (κ3) is 3.63. The zero-order valence-electron chi connectivity index (χ0n) is 16.6. The van der Waals surface area contributed by atoms with Crippen LogP contribution in [0.2, 0.25) is 0 Å². The number of fused-ring (bicyclic) bond motifs is 1. The van der Waals surface area contributed by atoms with Gasteiger partial charge in [0.1, 0.15) is 17.1 Å². The van der Waals surface area contributed by atoms with Gasteiger partial charge in [-0.05, 0) is 37.1 Å². The van der Waals surface area contributed by atoms with Crippen molar-refractivity contribution in [1.29, 1.82) is 0 Å². The molecule has 0 aliphatic rings. The summed E-state index contributed by atoms with van der Waals surface area (Å²) in [6.45, 7) is 4.74. The predicted molar refractivity (Wildman–Crippen MR) is 112 cm³/mol. The van der Waals surface area contributed by atoms with E-state index < -0.39 is 0 Å². The van der Waals surface area contributed by atoms with Gasteiger partial charge in [0.25, 0.3) is 5.56 Å². The van der Waals surface area contributed by atoms with Crippen LogP contribution in [-0.2, 0) is 6.42 Å². The van der Waals surface area contributed by atoms with Crippen molar-refractivity contribution in [1.82, 2.24) is 24.7 Å². The van der Waals surface area contributed by atoms with E-state index in [4.69, 9.17) is 9.72 Å². The Labute approximate surface area is 168 Å². The maximum Gasteiger partial charge on any atom is 0.279 e. The zero-order valence-corrected chi connectivity index (χ0v) is 16.6. The number of pyridine rings is 1. The molecule has 1 aromatic carbocycles. The Morgan fingerprint density at radius 2 is 1.86 bits per heavy atom. The van der Waals surface area contributed by atoms with Crippen molar-refractivity contribution in [2.75, 3.05) is 6.61 Å². The average Bonchev–Trinajstić information content (AvgIpc) is 3.12. The fourth-order valence-electron chi connectivity index (χ4n) is 3.28. The van der Waals surface area contributed by atoms with Gasteiger partial charge in [0.05, 0.1) is 17.9 Å². The fraction of sp³-hybridized carbons (Fsp3) is 0.273. The quantitative estimate of drug-likeness (QED) is 0.518. The highest BCUT2D eigenvalue weighted by molar-refractivity contribution is 5.80. The molecule has 4 aromatic rings. The number of ether oxygens (including phenoxy) is 1. The Kier molecular flexibility index (Phi) is 5.37. The first-order chi connectivity index (χ1) is 14.2. The van der Waals surface area contributed by atoms with Crippen molar-refractivity contribution in [2.24, 2.45) is 0 Å². The number of H-pyrrole nitrogens is 1. The molecule has 3 heterocycles. The number of nitrogens with zero attached hydrogens (tertiary/aromatic N) is 4. The molecule has 3 aromatic heterocycles. The smallest absolute Gasteiger partial charge is 0.279 e. The lowest BCUT2D eigenvalue weighted by Gasteiger charge is -2.10. The van der Waals surface area contributed by atoms with Crippen molar-refractivity contribution >= 4 is 11.0 Å². The fourth-order valence-corrected chi connectivity index (χ4v) is 3.28. The van der Waals surface area contributed by atoms with Crippen molar-refractivity contribution in [3.05, 3.63) is 64.7 Å². The molecule has 1 N–H and O–H groups in total. The molecule has 0 aliphatic carbocycles. The van der Waals surface area contributed by atoms with Gasteiger partial charge in [-0.3, -0.25) is 4.79 Å². The molecule has 29 heavy (non-hydrogen) atoms. The van der Waals surface area contributed by atoms with Gasteiger partial charge in [0, 0.05) is 6.20 Å². The molecule has 148 valence electrons. The Bertz CT molecular complexity index is 1180. The van der Waals surface area contributed by atoms with Crippen molar-refractivity contribution in [3.8, 4) is 23.0 Å². The lowest BCUT2D eigenvalue weighted by Crippen LogP contribution is -2.10. The summed E-state index contributed by atoms with van der Waals surface area (Å²) < 4.78 is 7.57. The summed E-state index contributed by atoms with van der Waals surface area (Å²) in [6, 6.07) is 13.2. The maximum atomic E-state index is 12.9. The standard InChI is InChI=1S/C22H23N5O2/c1-3-9-16-19-20(26-27(16)18-12-7-8-13-23-18)22(28)25-21(24-19)15-10-5-6-11-17(15)29-14-4-2/h5-8,10-13H,3-4,9,14H2,1-2H3,(H,24,25,28). The molecular weight excluding hydrogens is 366 g/mol. The van der Waals surface area contributed by atoms with E-state index >= 15 is 0 Å². The Morgan fingerprint density at radius 3 is 2.62 bits per heavy atom. The molecule has 0 aliphatic heterocycles. The first kappa shape index (κ1) is 18.9. The molecule has 7 nitrogen and oxygen atoms in total. The van der Waals surface area contributed by atoms with Gasteiger partial charge in [-0.2, -0.15) is 5.10 Å². The Hall–Kier alpha value is -3.48. The van der Waals surface area contributed by atoms with Crippen LogP contribution < -0.4 is 10.3 Å². The highest BCUT2D eigenvalue weighted by atomic mass is 16.5. The highest BCUT2D eigenvalue weighted by Gasteiger charge is 2.19. The van der Waals surface area contributed by atoms with Gasteiger partial charge < -0.3 is 9.72 Å². The van der Waals surface area contributed by atoms with Crippen LogP contribution >= 0.6 is 0 Å². The van der Waals surface area contributed by atoms with Crippen molar-refractivity contribution < 1.29 is 4.74 Å². The molecular formula is C22H23N5O2. The maximum absolute atomic E-state index is 12.9. The number of hydrogen-bond donors (Lipinski definition) is 1. The van der Waals surface area contributed by atoms with Gasteiger partial charge in [-0.25, -0.2) is 14.6 Å². The van der Waals surface area contributed by atoms with Crippen LogP contribution in [0.15, 0.2) is 53.5 Å². The molecule has 0 atom stereocenters. The number of aromatic amines is 1. The van der Waals surface area contributed by atoms with Crippen LogP contribution in [0, 0.1) is 0 Å². The minimum Gasteiger partial charge on any atom is -0.493 e. The normalized spacial score (nSPS) is 11.1. The van der Waals surface area contributed by atoms with E-state index in [1.54, 1.807) is 10.9 Å². The highest BCUT2D eigenvalue weighted by Crippen LogP contribution is 2.28. The SMILES string of the molecule is CCCOc1ccccc1-c1nc2c(CCC)n(-c3ccccn3)nc2c(=O)[nH]1. The second-order valence-electron chi connectivity index (χ2n) is 6.75. The van der Waals surface area contributed by atoms with Gasteiger partial charge in [0.2, 0.25) is 0 Å². The van der Waals surface area contributed by atoms with Crippen molar-refractivity contribution in [2.45, 2.75) is 33.1 Å². The van der Waals surface area contributed by atoms with Crippen molar-refractivity contribution in [3.63, 3.8) is 0 Å². The molecule has 0 spiro atoms. The Balaban J connectivity index is 1.92. The molecule has 0 unspecified atom stereocenters. The molecule has 0 bridgehead atoms. The van der Waals surface area contributed by atoms with Crippen LogP contribution in [0.5, 0.6) is 5.75 Å². The summed E-state index contributed by atoms with van der Waals surface area (Å²) in [7, 11) is 0. The molecule has 0 radical (unpaired) electrons. The topological polar surface area (TPSA) is 85.7 Å². The van der Waals surface area contributed by atoms with E-state index in [9.17, 15) is 4.79 Å². The number of nitrogens with one attached hydrogen (secondary N) is 1. The largest absolute Gasteiger partial charge is 0.493 e. The average molecular weight is 389 g/mol. The lowest BCUT2D eigenvalue weighted by molar-refractivity contribution is 0.318. The van der Waals surface area contributed by atoms with E-state index in [-0.39, 0.29) is 5.56 Å². The van der Waals surface area contributed by atoms with Gasteiger partial charge in [-0.15, -0.1) is 0 Å². The summed E-state index contributed by atoms with van der Waals surface area (Å²) in [5, 5.41) is 4.52. The van der Waals surface area contributed by atoms with E-state index in [0.717, 1.165) is 30.5 Å². The third-order valence-corrected chi connectivity index (χ3v) is 4.58. The van der Waals surface area contributed by atoms with E-state index in [0.29, 0.717) is 35.0 Å². The first-order valence-electron chi connectivity index (χ1n) is 9.88. The van der Waals surface area contributed by atoms with E-state index in [1.807, 2.05) is 42.5 Å². The summed E-state index contributed by atoms with van der Waals surface area (Å²) in [4.78, 5) is 24.9. The third-order valence-electron chi connectivity index (χ3n) is 4.58. The van der Waals surface area contributed by atoms with E-state index in [1.165, 1.54) is 0 Å². The number of aromatic nitrogens is 5. The molecule has 0 saturated carbocycles. The van der Waals surface area contributed by atoms with Crippen LogP contribution in [0.4, 0.5) is 0 Å². The minimum atomic E-state index is -0.276. The van der Waals surface area contributed by atoms with E-state index in [2.05, 4.69) is 28.9 Å². The van der Waals surface area contributed by atoms with Gasteiger partial charge in [0.15, 0.2) is 11.3 Å². The second-order valence-corrected chi connectivity index (χ2v) is 6.75. The number of hydrogen-bond acceptors (Lipinski definition) is 5. The number of rotatable bonds is 7. The Morgan fingerprint density at radius 1 is 1.03 bits per heavy atom. The minimum absolute atomic E-state index is 0.276. The molecule has 0 amide bonds. The van der Waals surface area contributed by atoms with Crippen LogP contribution in [0.1, 0.15) is 32.4 Å². The molecule has 0 fully saturated rings. The van der Waals surface area contributed by atoms with Crippen LogP contribution in [0.25, 0.3) is 28.2 Å². The first-order valence-corrected chi connectivity index (χ1v) is 9.88. The van der Waals surface area contributed by atoms with Crippen LogP contribution in [0.3, 0.4) is 0 Å². The molecule has 4 rings (SSSR count). The summed E-state index contributed by atoms with van der Waals surface area (Å²) in [5.74, 6) is 1.85. The summed E-state index contributed by atoms with van der Waals surface area (Å²) in [6.07, 6.45) is 4.24. The lowest BCUT2D eigenvalue weighted by atomic mass is 10.1. The monoisotopic (exact) mass is 389 g/mol. The summed E-state index contributed by atoms with van der Waals surface area (Å²) >= 11 is 0. The number of benzene rings is 1. The van der Waals surface area contributed by atoms with Crippen LogP contribution in [-0.4, -0.2) is 31.3 Å². The molecule has 0 saturated heterocycles. The second kappa shape index (κ2) is 8.26. The number of para-hydroxylation sites is 1.